The van der Waals surface area contributed by atoms with E-state index in [1.165, 1.54) is 30.3 Å². The molecule has 0 aromatic heterocycles. The molecule has 0 atom stereocenters. The van der Waals surface area contributed by atoms with E-state index in [1.807, 2.05) is 0 Å². The van der Waals surface area contributed by atoms with Gasteiger partial charge in [0.1, 0.15) is 17.4 Å². The molecule has 1 N–H and O–H groups in total. The standard InChI is InChI=1S/C15H11ClFN3O/c1-20(14-8-4-7-13(17)11(14)9-18)19-15(21)10-5-2-3-6-12(10)16/h2-8H,1H3,(H,19,21). The topological polar surface area (TPSA) is 56.1 Å². The summed E-state index contributed by atoms with van der Waals surface area (Å²) in [5.41, 5.74) is 2.96. The summed E-state index contributed by atoms with van der Waals surface area (Å²) in [6.07, 6.45) is 0. The minimum absolute atomic E-state index is 0.139. The number of halogens is 2. The number of amides is 1. The minimum Gasteiger partial charge on any atom is -0.287 e. The second kappa shape index (κ2) is 6.25. The Bertz CT molecular complexity index is 727. The number of hydrogen-bond donors (Lipinski definition) is 1. The molecule has 0 saturated carbocycles. The van der Waals surface area contributed by atoms with Crippen LogP contribution in [0.2, 0.25) is 5.02 Å². The van der Waals surface area contributed by atoms with Crippen molar-refractivity contribution < 1.29 is 9.18 Å². The predicted molar refractivity (Wildman–Crippen MR) is 78.4 cm³/mol. The first-order chi connectivity index (χ1) is 10.0. The fourth-order valence-electron chi connectivity index (χ4n) is 1.82. The Morgan fingerprint density at radius 2 is 2.00 bits per heavy atom. The molecule has 0 aliphatic heterocycles. The first-order valence-corrected chi connectivity index (χ1v) is 6.40. The van der Waals surface area contributed by atoms with Crippen LogP contribution in [0.5, 0.6) is 0 Å². The van der Waals surface area contributed by atoms with E-state index < -0.39 is 11.7 Å². The molecule has 1 amide bonds. The molecule has 21 heavy (non-hydrogen) atoms. The van der Waals surface area contributed by atoms with Crippen molar-refractivity contribution in [1.29, 1.82) is 5.26 Å². The van der Waals surface area contributed by atoms with Crippen molar-refractivity contribution in [3.8, 4) is 6.07 Å². The summed E-state index contributed by atoms with van der Waals surface area (Å²) >= 11 is 5.94. The van der Waals surface area contributed by atoms with Crippen molar-refractivity contribution >= 4 is 23.2 Å². The number of hydrogen-bond acceptors (Lipinski definition) is 3. The maximum absolute atomic E-state index is 13.6. The number of rotatable bonds is 3. The van der Waals surface area contributed by atoms with Gasteiger partial charge in [-0.05, 0) is 24.3 Å². The Hall–Kier alpha value is -2.58. The van der Waals surface area contributed by atoms with E-state index >= 15 is 0 Å². The molecular formula is C15H11ClFN3O. The molecule has 0 spiro atoms. The van der Waals surface area contributed by atoms with E-state index in [-0.39, 0.29) is 11.3 Å². The van der Waals surface area contributed by atoms with Crippen molar-refractivity contribution in [1.82, 2.24) is 5.43 Å². The quantitative estimate of drug-likeness (QED) is 0.886. The number of carbonyl (C=O) groups excluding carboxylic acids is 1. The van der Waals surface area contributed by atoms with Gasteiger partial charge in [-0.15, -0.1) is 0 Å². The Labute approximate surface area is 126 Å². The lowest BCUT2D eigenvalue weighted by molar-refractivity contribution is 0.0951. The molecule has 0 saturated heterocycles. The molecule has 0 aliphatic carbocycles. The minimum atomic E-state index is -0.645. The van der Waals surface area contributed by atoms with Crippen molar-refractivity contribution in [2.75, 3.05) is 12.1 Å². The largest absolute Gasteiger partial charge is 0.287 e. The van der Waals surface area contributed by atoms with Gasteiger partial charge in [-0.25, -0.2) is 4.39 Å². The van der Waals surface area contributed by atoms with Crippen LogP contribution in [-0.2, 0) is 0 Å². The highest BCUT2D eigenvalue weighted by Crippen LogP contribution is 2.21. The van der Waals surface area contributed by atoms with Gasteiger partial charge in [-0.1, -0.05) is 29.8 Å². The van der Waals surface area contributed by atoms with Crippen molar-refractivity contribution in [2.24, 2.45) is 0 Å². The SMILES string of the molecule is CN(NC(=O)c1ccccc1Cl)c1cccc(F)c1C#N. The van der Waals surface area contributed by atoms with Gasteiger partial charge in [0, 0.05) is 7.05 Å². The molecule has 4 nitrogen and oxygen atoms in total. The summed E-state index contributed by atoms with van der Waals surface area (Å²) in [6.45, 7) is 0. The molecule has 2 rings (SSSR count). The van der Waals surface area contributed by atoms with Crippen LogP contribution >= 0.6 is 11.6 Å². The van der Waals surface area contributed by atoms with Crippen molar-refractivity contribution in [2.45, 2.75) is 0 Å². The van der Waals surface area contributed by atoms with Crippen LogP contribution in [0.3, 0.4) is 0 Å². The van der Waals surface area contributed by atoms with Gasteiger partial charge in [0.15, 0.2) is 0 Å². The monoisotopic (exact) mass is 303 g/mol. The molecule has 2 aromatic carbocycles. The van der Waals surface area contributed by atoms with E-state index in [2.05, 4.69) is 5.43 Å². The number of hydrazine groups is 1. The third-order valence-electron chi connectivity index (χ3n) is 2.85. The lowest BCUT2D eigenvalue weighted by Crippen LogP contribution is -2.40. The number of nitrogens with zero attached hydrogens (tertiary/aromatic N) is 2. The van der Waals surface area contributed by atoms with E-state index in [9.17, 15) is 9.18 Å². The number of carbonyl (C=O) groups is 1. The van der Waals surface area contributed by atoms with Gasteiger partial charge in [-0.3, -0.25) is 15.2 Å². The Kier molecular flexibility index (Phi) is 4.41. The molecule has 0 bridgehead atoms. The zero-order valence-corrected chi connectivity index (χ0v) is 11.9. The average molecular weight is 304 g/mol. The van der Waals surface area contributed by atoms with Gasteiger partial charge in [0.05, 0.1) is 16.3 Å². The number of anilines is 1. The predicted octanol–water partition coefficient (Wildman–Crippen LogP) is 3.13. The fourth-order valence-corrected chi connectivity index (χ4v) is 2.04. The number of nitrogens with one attached hydrogen (secondary N) is 1. The molecule has 2 aromatic rings. The maximum atomic E-state index is 13.6. The summed E-state index contributed by atoms with van der Waals surface area (Å²) in [4.78, 5) is 12.1. The number of benzene rings is 2. The van der Waals surface area contributed by atoms with Crippen LogP contribution in [-0.4, -0.2) is 13.0 Å². The van der Waals surface area contributed by atoms with Crippen LogP contribution < -0.4 is 10.4 Å². The van der Waals surface area contributed by atoms with E-state index in [0.717, 1.165) is 0 Å². The highest BCUT2D eigenvalue weighted by Gasteiger charge is 2.15. The zero-order chi connectivity index (χ0) is 15.4. The van der Waals surface area contributed by atoms with E-state index in [0.29, 0.717) is 10.6 Å². The summed E-state index contributed by atoms with van der Waals surface area (Å²) in [5, 5.41) is 10.6. The first kappa shape index (κ1) is 14.8. The average Bonchev–Trinajstić information content (AvgIpc) is 2.47. The van der Waals surface area contributed by atoms with Gasteiger partial charge in [0.25, 0.3) is 5.91 Å². The Morgan fingerprint density at radius 3 is 2.67 bits per heavy atom. The van der Waals surface area contributed by atoms with Gasteiger partial charge in [-0.2, -0.15) is 5.26 Å². The molecule has 0 radical (unpaired) electrons. The Morgan fingerprint density at radius 1 is 1.29 bits per heavy atom. The number of nitriles is 1. The van der Waals surface area contributed by atoms with Crippen LogP contribution in [0.15, 0.2) is 42.5 Å². The van der Waals surface area contributed by atoms with Crippen LogP contribution in [0.1, 0.15) is 15.9 Å². The second-order valence-corrected chi connectivity index (χ2v) is 4.63. The lowest BCUT2D eigenvalue weighted by Gasteiger charge is -2.21. The zero-order valence-electron chi connectivity index (χ0n) is 11.1. The lowest BCUT2D eigenvalue weighted by atomic mass is 10.2. The highest BCUT2D eigenvalue weighted by atomic mass is 35.5. The summed E-state index contributed by atoms with van der Waals surface area (Å²) < 4.78 is 13.6. The third-order valence-corrected chi connectivity index (χ3v) is 3.18. The molecule has 0 aliphatic rings. The van der Waals surface area contributed by atoms with Gasteiger partial charge in [0.2, 0.25) is 0 Å². The van der Waals surface area contributed by atoms with Crippen molar-refractivity contribution in [3.05, 3.63) is 64.4 Å². The van der Waals surface area contributed by atoms with E-state index in [4.69, 9.17) is 16.9 Å². The summed E-state index contributed by atoms with van der Waals surface area (Å²) in [7, 11) is 1.52. The fraction of sp³-hybridized carbons (Fsp3) is 0.0667. The highest BCUT2D eigenvalue weighted by molar-refractivity contribution is 6.33. The normalized spacial score (nSPS) is 9.81. The van der Waals surface area contributed by atoms with Gasteiger partial charge < -0.3 is 0 Å². The molecule has 0 unspecified atom stereocenters. The molecule has 106 valence electrons. The Balaban J connectivity index is 2.25. The smallest absolute Gasteiger partial charge is 0.271 e. The molecule has 0 fully saturated rings. The van der Waals surface area contributed by atoms with Crippen LogP contribution in [0, 0.1) is 17.1 Å². The van der Waals surface area contributed by atoms with Gasteiger partial charge >= 0.3 is 0 Å². The molecular weight excluding hydrogens is 293 g/mol. The van der Waals surface area contributed by atoms with Crippen LogP contribution in [0.4, 0.5) is 10.1 Å². The second-order valence-electron chi connectivity index (χ2n) is 4.23. The first-order valence-electron chi connectivity index (χ1n) is 6.02. The summed E-state index contributed by atoms with van der Waals surface area (Å²) in [6, 6.07) is 12.5. The van der Waals surface area contributed by atoms with Crippen LogP contribution in [0.25, 0.3) is 0 Å². The van der Waals surface area contributed by atoms with E-state index in [1.54, 1.807) is 30.3 Å². The summed E-state index contributed by atoms with van der Waals surface area (Å²) in [5.74, 6) is -1.09. The maximum Gasteiger partial charge on any atom is 0.271 e. The molecule has 0 heterocycles. The third kappa shape index (κ3) is 3.12. The molecule has 6 heteroatoms. The van der Waals surface area contributed by atoms with Crippen molar-refractivity contribution in [3.63, 3.8) is 0 Å².